The second-order valence-corrected chi connectivity index (χ2v) is 5.19. The van der Waals surface area contributed by atoms with Gasteiger partial charge in [0.05, 0.1) is 12.6 Å². The molecule has 2 atom stereocenters. The van der Waals surface area contributed by atoms with Gasteiger partial charge in [-0.25, -0.2) is 4.79 Å². The zero-order valence-corrected chi connectivity index (χ0v) is 12.7. The maximum absolute atomic E-state index is 12.1. The first-order valence-corrected chi connectivity index (χ1v) is 7.21. The minimum Gasteiger partial charge on any atom is -0.450 e. The fraction of sp³-hybridized carbons (Fsp3) is 0.400. The fourth-order valence-corrected chi connectivity index (χ4v) is 2.51. The first-order chi connectivity index (χ1) is 11.0. The van der Waals surface area contributed by atoms with Crippen LogP contribution in [-0.2, 0) is 9.53 Å². The number of carbonyl (C=O) groups is 3. The number of carboxylic acid groups (broad SMARTS) is 1. The highest BCUT2D eigenvalue weighted by Crippen LogP contribution is 2.20. The molecule has 8 heteroatoms. The SMILES string of the molecule is CNCC(=O)N1CC(NC(=O)c2ccccc2)CC1OC(=O)O. The number of carbonyl (C=O) groups excluding carboxylic acids is 2. The molecular weight excluding hydrogens is 302 g/mol. The van der Waals surface area contributed by atoms with Crippen molar-refractivity contribution in [3.63, 3.8) is 0 Å². The van der Waals surface area contributed by atoms with E-state index in [0.29, 0.717) is 5.56 Å². The summed E-state index contributed by atoms with van der Waals surface area (Å²) in [6.45, 7) is 0.274. The number of likely N-dealkylation sites (N-methyl/N-ethyl adjacent to an activating group) is 1. The quantitative estimate of drug-likeness (QED) is 0.671. The zero-order valence-electron chi connectivity index (χ0n) is 12.7. The zero-order chi connectivity index (χ0) is 16.8. The molecule has 124 valence electrons. The lowest BCUT2D eigenvalue weighted by Crippen LogP contribution is -2.43. The van der Waals surface area contributed by atoms with E-state index in [2.05, 4.69) is 10.6 Å². The maximum atomic E-state index is 12.1. The van der Waals surface area contributed by atoms with Crippen molar-refractivity contribution < 1.29 is 24.2 Å². The molecule has 23 heavy (non-hydrogen) atoms. The molecule has 1 aromatic carbocycles. The standard InChI is InChI=1S/C15H19N3O5/c1-16-8-12(19)18-9-11(7-13(18)23-15(21)22)17-14(20)10-5-3-2-4-6-10/h2-6,11,13,16H,7-9H2,1H3,(H,17,20)(H,21,22). The summed E-state index contributed by atoms with van der Waals surface area (Å²) in [6, 6.07) is 8.30. The molecule has 2 unspecified atom stereocenters. The van der Waals surface area contributed by atoms with Gasteiger partial charge in [0.1, 0.15) is 0 Å². The number of nitrogens with zero attached hydrogens (tertiary/aromatic N) is 1. The first kappa shape index (κ1) is 16.8. The maximum Gasteiger partial charge on any atom is 0.507 e. The van der Waals surface area contributed by atoms with Crippen molar-refractivity contribution in [2.75, 3.05) is 20.1 Å². The van der Waals surface area contributed by atoms with Crippen LogP contribution >= 0.6 is 0 Å². The monoisotopic (exact) mass is 321 g/mol. The van der Waals surface area contributed by atoms with Crippen molar-refractivity contribution in [1.82, 2.24) is 15.5 Å². The molecule has 0 radical (unpaired) electrons. The van der Waals surface area contributed by atoms with E-state index in [1.54, 1.807) is 37.4 Å². The Morgan fingerprint density at radius 3 is 2.61 bits per heavy atom. The average molecular weight is 321 g/mol. The smallest absolute Gasteiger partial charge is 0.450 e. The number of hydrogen-bond donors (Lipinski definition) is 3. The van der Waals surface area contributed by atoms with Crippen molar-refractivity contribution in [2.24, 2.45) is 0 Å². The molecule has 8 nitrogen and oxygen atoms in total. The van der Waals surface area contributed by atoms with Crippen molar-refractivity contribution in [2.45, 2.75) is 18.7 Å². The molecule has 0 spiro atoms. The third-order valence-corrected chi connectivity index (χ3v) is 3.51. The van der Waals surface area contributed by atoms with Crippen LogP contribution in [0.25, 0.3) is 0 Å². The summed E-state index contributed by atoms with van der Waals surface area (Å²) < 4.78 is 4.75. The molecule has 1 heterocycles. The van der Waals surface area contributed by atoms with Gasteiger partial charge in [0.25, 0.3) is 5.91 Å². The lowest BCUT2D eigenvalue weighted by Gasteiger charge is -2.22. The number of nitrogens with one attached hydrogen (secondary N) is 2. The summed E-state index contributed by atoms with van der Waals surface area (Å²) in [7, 11) is 1.62. The summed E-state index contributed by atoms with van der Waals surface area (Å²) >= 11 is 0. The second kappa shape index (κ2) is 7.59. The average Bonchev–Trinajstić information content (AvgIpc) is 2.90. The van der Waals surface area contributed by atoms with Crippen LogP contribution in [0.3, 0.4) is 0 Å². The number of rotatable bonds is 5. The van der Waals surface area contributed by atoms with E-state index >= 15 is 0 Å². The minimum absolute atomic E-state index is 0.0683. The first-order valence-electron chi connectivity index (χ1n) is 7.21. The predicted molar refractivity (Wildman–Crippen MR) is 80.9 cm³/mol. The summed E-state index contributed by atoms with van der Waals surface area (Å²) in [5.41, 5.74) is 0.503. The highest BCUT2D eigenvalue weighted by atomic mass is 16.7. The van der Waals surface area contributed by atoms with E-state index < -0.39 is 12.4 Å². The van der Waals surface area contributed by atoms with E-state index in [0.717, 1.165) is 0 Å². The normalized spacial score (nSPS) is 20.1. The molecule has 0 aliphatic carbocycles. The van der Waals surface area contributed by atoms with E-state index in [4.69, 9.17) is 9.84 Å². The fourth-order valence-electron chi connectivity index (χ4n) is 2.51. The predicted octanol–water partition coefficient (Wildman–Crippen LogP) is 0.257. The lowest BCUT2D eigenvalue weighted by molar-refractivity contribution is -0.137. The van der Waals surface area contributed by atoms with Gasteiger partial charge in [-0.2, -0.15) is 0 Å². The van der Waals surface area contributed by atoms with Gasteiger partial charge in [0.2, 0.25) is 5.91 Å². The Morgan fingerprint density at radius 1 is 1.30 bits per heavy atom. The number of amides is 2. The van der Waals surface area contributed by atoms with E-state index in [9.17, 15) is 14.4 Å². The number of hydrogen-bond acceptors (Lipinski definition) is 5. The number of likely N-dealkylation sites (tertiary alicyclic amines) is 1. The van der Waals surface area contributed by atoms with Gasteiger partial charge in [0.15, 0.2) is 6.23 Å². The van der Waals surface area contributed by atoms with Gasteiger partial charge in [-0.15, -0.1) is 0 Å². The molecule has 2 rings (SSSR count). The Morgan fingerprint density at radius 2 is 2.00 bits per heavy atom. The summed E-state index contributed by atoms with van der Waals surface area (Å²) in [5, 5.41) is 14.3. The summed E-state index contributed by atoms with van der Waals surface area (Å²) in [5.74, 6) is -0.553. The van der Waals surface area contributed by atoms with E-state index in [-0.39, 0.29) is 37.4 Å². The molecule has 2 amide bonds. The van der Waals surface area contributed by atoms with Gasteiger partial charge in [-0.05, 0) is 19.2 Å². The molecule has 0 aromatic heterocycles. The molecule has 0 saturated carbocycles. The number of benzene rings is 1. The molecule has 1 aliphatic rings. The highest BCUT2D eigenvalue weighted by molar-refractivity contribution is 5.94. The molecule has 1 aromatic rings. The van der Waals surface area contributed by atoms with E-state index in [1.165, 1.54) is 4.90 Å². The molecule has 1 fully saturated rings. The van der Waals surface area contributed by atoms with Crippen LogP contribution in [0.1, 0.15) is 16.8 Å². The van der Waals surface area contributed by atoms with E-state index in [1.807, 2.05) is 0 Å². The Bertz CT molecular complexity index is 578. The molecule has 3 N–H and O–H groups in total. The van der Waals surface area contributed by atoms with Gasteiger partial charge >= 0.3 is 6.16 Å². The number of ether oxygens (including phenoxy) is 1. The van der Waals surface area contributed by atoms with Gasteiger partial charge < -0.3 is 25.4 Å². The van der Waals surface area contributed by atoms with Gasteiger partial charge in [0, 0.05) is 18.5 Å². The molecular formula is C15H19N3O5. The van der Waals surface area contributed by atoms with Crippen LogP contribution < -0.4 is 10.6 Å². The summed E-state index contributed by atoms with van der Waals surface area (Å²) in [4.78, 5) is 36.3. The van der Waals surface area contributed by atoms with Crippen LogP contribution in [0, 0.1) is 0 Å². The minimum atomic E-state index is -1.45. The Hall–Kier alpha value is -2.61. The third-order valence-electron chi connectivity index (χ3n) is 3.51. The van der Waals surface area contributed by atoms with Crippen molar-refractivity contribution in [3.8, 4) is 0 Å². The molecule has 1 aliphatic heterocycles. The van der Waals surface area contributed by atoms with Crippen molar-refractivity contribution >= 4 is 18.0 Å². The Kier molecular flexibility index (Phi) is 5.53. The molecule has 0 bridgehead atoms. The van der Waals surface area contributed by atoms with Crippen LogP contribution in [0.15, 0.2) is 30.3 Å². The van der Waals surface area contributed by atoms with Gasteiger partial charge in [-0.1, -0.05) is 18.2 Å². The largest absolute Gasteiger partial charge is 0.507 e. The van der Waals surface area contributed by atoms with Crippen LogP contribution in [0.5, 0.6) is 0 Å². The molecule has 1 saturated heterocycles. The van der Waals surface area contributed by atoms with Crippen LogP contribution in [-0.4, -0.2) is 60.4 Å². The second-order valence-electron chi connectivity index (χ2n) is 5.19. The summed E-state index contributed by atoms with van der Waals surface area (Å²) in [6.07, 6.45) is -2.12. The Balaban J connectivity index is 2.02. The Labute approximate surface area is 133 Å². The topological polar surface area (TPSA) is 108 Å². The van der Waals surface area contributed by atoms with Crippen LogP contribution in [0.2, 0.25) is 0 Å². The van der Waals surface area contributed by atoms with Crippen molar-refractivity contribution in [3.05, 3.63) is 35.9 Å². The highest BCUT2D eigenvalue weighted by Gasteiger charge is 2.38. The van der Waals surface area contributed by atoms with Gasteiger partial charge in [-0.3, -0.25) is 9.59 Å². The van der Waals surface area contributed by atoms with Crippen LogP contribution in [0.4, 0.5) is 4.79 Å². The third kappa shape index (κ3) is 4.43. The van der Waals surface area contributed by atoms with Crippen molar-refractivity contribution in [1.29, 1.82) is 0 Å². The lowest BCUT2D eigenvalue weighted by atomic mass is 10.2.